The van der Waals surface area contributed by atoms with Crippen LogP contribution in [0.3, 0.4) is 0 Å². The summed E-state index contributed by atoms with van der Waals surface area (Å²) in [6.07, 6.45) is 1.05. The standard InChI is InChI=1S/C27H21F7N6O3/c1-27(33,34)18(41)9-19(42)39-6-2-3-12(10-39)40-26-20(25(35)36-11-37-26)23(38-40)14-5-4-13(7-15(14)28)43-24-21(31)16(29)8-17(30)22(24)32/h4-5,7-8,11-12H,2-3,6,9-10H2,1H3,(H2,35,36,37). The van der Waals surface area contributed by atoms with Gasteiger partial charge in [-0.25, -0.2) is 27.8 Å². The number of nitrogens with zero attached hydrogens (tertiary/aromatic N) is 5. The molecule has 43 heavy (non-hydrogen) atoms. The number of nitrogen functional groups attached to an aromatic ring is 1. The predicted molar refractivity (Wildman–Crippen MR) is 137 cm³/mol. The molecule has 0 spiro atoms. The van der Waals surface area contributed by atoms with Crippen molar-refractivity contribution in [2.24, 2.45) is 0 Å². The van der Waals surface area contributed by atoms with E-state index in [4.69, 9.17) is 10.5 Å². The predicted octanol–water partition coefficient (Wildman–Crippen LogP) is 5.34. The summed E-state index contributed by atoms with van der Waals surface area (Å²) < 4.78 is 104. The van der Waals surface area contributed by atoms with Crippen molar-refractivity contribution in [2.45, 2.75) is 38.2 Å². The number of halogens is 7. The van der Waals surface area contributed by atoms with Crippen LogP contribution in [0.25, 0.3) is 22.3 Å². The number of carbonyl (C=O) groups excluding carboxylic acids is 2. The number of fused-ring (bicyclic) bond motifs is 1. The number of likely N-dealkylation sites (tertiary alicyclic amines) is 1. The van der Waals surface area contributed by atoms with Gasteiger partial charge in [-0.3, -0.25) is 9.59 Å². The molecule has 2 aromatic heterocycles. The summed E-state index contributed by atoms with van der Waals surface area (Å²) >= 11 is 0. The van der Waals surface area contributed by atoms with E-state index in [9.17, 15) is 35.9 Å². The summed E-state index contributed by atoms with van der Waals surface area (Å²) in [5.74, 6) is -16.0. The average Bonchev–Trinajstić information content (AvgIpc) is 3.34. The minimum absolute atomic E-state index is 0.000257. The number of hydrogen-bond acceptors (Lipinski definition) is 7. The quantitative estimate of drug-likeness (QED) is 0.171. The molecule has 0 radical (unpaired) electrons. The molecule has 1 amide bonds. The summed E-state index contributed by atoms with van der Waals surface area (Å²) in [6.45, 7) is 0.616. The van der Waals surface area contributed by atoms with Crippen molar-refractivity contribution in [1.29, 1.82) is 0 Å². The lowest BCUT2D eigenvalue weighted by Crippen LogP contribution is -2.43. The third kappa shape index (κ3) is 5.68. The molecule has 3 heterocycles. The van der Waals surface area contributed by atoms with Crippen molar-refractivity contribution in [3.8, 4) is 22.8 Å². The first kappa shape index (κ1) is 29.7. The first-order valence-corrected chi connectivity index (χ1v) is 12.7. The Bertz CT molecular complexity index is 1730. The van der Waals surface area contributed by atoms with E-state index >= 15 is 4.39 Å². The Morgan fingerprint density at radius 3 is 2.40 bits per heavy atom. The van der Waals surface area contributed by atoms with Gasteiger partial charge < -0.3 is 15.4 Å². The topological polar surface area (TPSA) is 116 Å². The molecule has 9 nitrogen and oxygen atoms in total. The number of amides is 1. The minimum Gasteiger partial charge on any atom is -0.451 e. The first-order chi connectivity index (χ1) is 20.3. The highest BCUT2D eigenvalue weighted by molar-refractivity contribution is 6.01. The van der Waals surface area contributed by atoms with E-state index < -0.39 is 70.7 Å². The van der Waals surface area contributed by atoms with Gasteiger partial charge >= 0.3 is 5.92 Å². The van der Waals surface area contributed by atoms with Gasteiger partial charge in [-0.2, -0.15) is 22.7 Å². The number of ether oxygens (including phenoxy) is 1. The molecule has 1 aliphatic rings. The molecule has 2 aromatic carbocycles. The SMILES string of the molecule is CC(F)(F)C(=O)CC(=O)N1CCCC(n2nc(-c3ccc(Oc4c(F)c(F)cc(F)c4F)cc3F)c3c(N)ncnc32)C1. The summed E-state index contributed by atoms with van der Waals surface area (Å²) in [4.78, 5) is 33.7. The lowest BCUT2D eigenvalue weighted by Gasteiger charge is -2.33. The Kier molecular flexibility index (Phi) is 7.70. The maximum absolute atomic E-state index is 15.4. The molecule has 226 valence electrons. The Balaban J connectivity index is 1.48. The molecule has 2 N–H and O–H groups in total. The fourth-order valence-corrected chi connectivity index (χ4v) is 4.73. The van der Waals surface area contributed by atoms with Crippen molar-refractivity contribution >= 4 is 28.5 Å². The van der Waals surface area contributed by atoms with E-state index in [1.54, 1.807) is 0 Å². The smallest absolute Gasteiger partial charge is 0.303 e. The second-order valence-corrected chi connectivity index (χ2v) is 9.92. The van der Waals surface area contributed by atoms with Crippen LogP contribution in [0, 0.1) is 29.1 Å². The van der Waals surface area contributed by atoms with E-state index in [-0.39, 0.29) is 47.3 Å². The molecule has 0 saturated carbocycles. The number of benzene rings is 2. The molecular weight excluding hydrogens is 589 g/mol. The summed E-state index contributed by atoms with van der Waals surface area (Å²) in [7, 11) is 0. The van der Waals surface area contributed by atoms with Gasteiger partial charge in [0.05, 0.1) is 17.8 Å². The number of nitrogens with two attached hydrogens (primary N) is 1. The van der Waals surface area contributed by atoms with Crippen molar-refractivity contribution in [3.63, 3.8) is 0 Å². The van der Waals surface area contributed by atoms with E-state index in [0.29, 0.717) is 25.8 Å². The molecule has 0 aliphatic carbocycles. The van der Waals surface area contributed by atoms with E-state index in [1.165, 1.54) is 9.58 Å². The van der Waals surface area contributed by atoms with Crippen LogP contribution in [0.5, 0.6) is 11.5 Å². The molecule has 5 rings (SSSR count). The molecule has 0 bridgehead atoms. The van der Waals surface area contributed by atoms with Gasteiger partial charge in [0, 0.05) is 37.7 Å². The molecule has 1 fully saturated rings. The number of alkyl halides is 2. The summed E-state index contributed by atoms with van der Waals surface area (Å²) in [6, 6.07) is 2.34. The molecule has 1 aliphatic heterocycles. The van der Waals surface area contributed by atoms with Gasteiger partial charge in [-0.15, -0.1) is 0 Å². The summed E-state index contributed by atoms with van der Waals surface area (Å²) in [5, 5.41) is 4.60. The number of piperidine rings is 1. The van der Waals surface area contributed by atoms with E-state index in [1.807, 2.05) is 0 Å². The van der Waals surface area contributed by atoms with Crippen LogP contribution in [0.2, 0.25) is 0 Å². The zero-order chi connectivity index (χ0) is 31.2. The normalized spacial score (nSPS) is 15.6. The van der Waals surface area contributed by atoms with Crippen LogP contribution < -0.4 is 10.5 Å². The number of hydrogen-bond donors (Lipinski definition) is 1. The summed E-state index contributed by atoms with van der Waals surface area (Å²) in [5.41, 5.74) is 6.01. The third-order valence-corrected chi connectivity index (χ3v) is 6.90. The van der Waals surface area contributed by atoms with Crippen molar-refractivity contribution < 1.29 is 45.1 Å². The Labute approximate surface area is 238 Å². The Hall–Kier alpha value is -4.76. The highest BCUT2D eigenvalue weighted by Gasteiger charge is 2.36. The van der Waals surface area contributed by atoms with Gasteiger partial charge in [0.15, 0.2) is 17.3 Å². The highest BCUT2D eigenvalue weighted by atomic mass is 19.3. The lowest BCUT2D eigenvalue weighted by molar-refractivity contribution is -0.147. The minimum atomic E-state index is -3.66. The van der Waals surface area contributed by atoms with Crippen molar-refractivity contribution in [3.05, 3.63) is 59.7 Å². The van der Waals surface area contributed by atoms with Gasteiger partial charge in [0.25, 0.3) is 0 Å². The van der Waals surface area contributed by atoms with Crippen molar-refractivity contribution in [2.75, 3.05) is 18.8 Å². The second kappa shape index (κ2) is 11.1. The molecular formula is C27H21F7N6O3. The Morgan fingerprint density at radius 1 is 1.05 bits per heavy atom. The van der Waals surface area contributed by atoms with Gasteiger partial charge in [0.1, 0.15) is 29.4 Å². The maximum Gasteiger partial charge on any atom is 0.303 e. The fourth-order valence-electron chi connectivity index (χ4n) is 4.73. The molecule has 16 heteroatoms. The molecule has 1 unspecified atom stereocenters. The first-order valence-electron chi connectivity index (χ1n) is 12.7. The van der Waals surface area contributed by atoms with Crippen molar-refractivity contribution in [1.82, 2.24) is 24.6 Å². The van der Waals surface area contributed by atoms with E-state index in [0.717, 1.165) is 18.5 Å². The van der Waals surface area contributed by atoms with Gasteiger partial charge in [-0.05, 0) is 25.0 Å². The van der Waals surface area contributed by atoms with Crippen LogP contribution in [-0.2, 0) is 9.59 Å². The average molecular weight is 610 g/mol. The highest BCUT2D eigenvalue weighted by Crippen LogP contribution is 2.37. The van der Waals surface area contributed by atoms with Crippen LogP contribution in [-0.4, -0.2) is 55.4 Å². The monoisotopic (exact) mass is 610 g/mol. The number of aromatic nitrogens is 4. The van der Waals surface area contributed by atoms with E-state index in [2.05, 4.69) is 15.1 Å². The number of ketones is 1. The number of anilines is 1. The zero-order valence-corrected chi connectivity index (χ0v) is 22.2. The van der Waals surface area contributed by atoms with Crippen LogP contribution in [0.4, 0.5) is 36.6 Å². The third-order valence-electron chi connectivity index (χ3n) is 6.90. The molecule has 1 saturated heterocycles. The number of Topliss-reactive ketones (excluding diaryl/α,β-unsaturated/α-hetero) is 1. The lowest BCUT2D eigenvalue weighted by atomic mass is 10.0. The second-order valence-electron chi connectivity index (χ2n) is 9.92. The fraction of sp³-hybridized carbons (Fsp3) is 0.296. The van der Waals surface area contributed by atoms with Gasteiger partial charge in [-0.1, -0.05) is 0 Å². The largest absolute Gasteiger partial charge is 0.451 e. The molecule has 4 aromatic rings. The zero-order valence-electron chi connectivity index (χ0n) is 22.2. The number of carbonyl (C=O) groups is 2. The Morgan fingerprint density at radius 2 is 1.74 bits per heavy atom. The van der Waals surface area contributed by atoms with Crippen LogP contribution in [0.15, 0.2) is 30.6 Å². The van der Waals surface area contributed by atoms with Gasteiger partial charge in [0.2, 0.25) is 29.1 Å². The number of rotatable bonds is 7. The maximum atomic E-state index is 15.4. The molecule has 1 atom stereocenters. The van der Waals surface area contributed by atoms with Crippen LogP contribution >= 0.6 is 0 Å². The van der Waals surface area contributed by atoms with Crippen LogP contribution in [0.1, 0.15) is 32.2 Å².